The maximum Gasteiger partial charge on any atom is 0.193 e. The predicted octanol–water partition coefficient (Wildman–Crippen LogP) is 11.9. The molecule has 1 N–H and O–H groups in total. The van der Waals surface area contributed by atoms with E-state index in [-0.39, 0.29) is 27.4 Å². The van der Waals surface area contributed by atoms with Crippen LogP contribution in [0.4, 0.5) is 0 Å². The Morgan fingerprint density at radius 3 is 1.63 bits per heavy atom. The van der Waals surface area contributed by atoms with Crippen molar-refractivity contribution >= 4 is 22.4 Å². The number of carbonyl (C=O) groups excluding carboxylic acids is 1. The molecule has 0 amide bonds. The van der Waals surface area contributed by atoms with Crippen molar-refractivity contribution in [2.75, 3.05) is 13.2 Å². The quantitative estimate of drug-likeness (QED) is 0.0799. The van der Waals surface area contributed by atoms with Gasteiger partial charge in [0.2, 0.25) is 0 Å². The number of ketones is 1. The molecular weight excluding hydrogens is 785 g/mol. The van der Waals surface area contributed by atoms with Crippen LogP contribution in [0.1, 0.15) is 137 Å². The van der Waals surface area contributed by atoms with Crippen molar-refractivity contribution in [3.05, 3.63) is 48.1 Å². The molecule has 0 fully saturated rings. The molecule has 0 aliphatic heterocycles. The van der Waals surface area contributed by atoms with Crippen molar-refractivity contribution < 1.29 is 37.7 Å². The minimum absolute atomic E-state index is 0.0250. The van der Waals surface area contributed by atoms with E-state index >= 15 is 0 Å². The first kappa shape index (κ1) is 55.9. The molecule has 0 heterocycles. The number of hydrogen-bond donors (Lipinski definition) is 1. The van der Waals surface area contributed by atoms with Gasteiger partial charge < -0.3 is 32.9 Å². The Bertz CT molecular complexity index is 1700. The predicted molar refractivity (Wildman–Crippen MR) is 254 cm³/mol. The van der Waals surface area contributed by atoms with Gasteiger partial charge in [0.1, 0.15) is 17.3 Å². The summed E-state index contributed by atoms with van der Waals surface area (Å²) in [7, 11) is -3.98. The fourth-order valence-corrected chi connectivity index (χ4v) is 9.36. The molecule has 7 atom stereocenters. The third kappa shape index (κ3) is 14.5. The molecule has 5 unspecified atom stereocenters. The zero-order valence-corrected chi connectivity index (χ0v) is 44.1. The lowest BCUT2D eigenvalue weighted by atomic mass is 9.64. The number of rotatable bonds is 14. The van der Waals surface area contributed by atoms with E-state index in [9.17, 15) is 9.90 Å². The van der Waals surface area contributed by atoms with Crippen LogP contribution in [0.25, 0.3) is 0 Å². The van der Waals surface area contributed by atoms with Crippen molar-refractivity contribution in [3.63, 3.8) is 0 Å². The van der Waals surface area contributed by atoms with Crippen LogP contribution in [0.2, 0.25) is 36.3 Å². The van der Waals surface area contributed by atoms with Gasteiger partial charge in [-0.05, 0) is 122 Å². The molecule has 2 rings (SSSR count). The zero-order valence-electron chi connectivity index (χ0n) is 42.1. The number of hydrogen-bond acceptors (Lipinski definition) is 8. The van der Waals surface area contributed by atoms with E-state index in [1.54, 1.807) is 12.2 Å². The van der Waals surface area contributed by atoms with Crippen molar-refractivity contribution in [1.29, 1.82) is 0 Å². The average Bonchev–Trinajstić information content (AvgIpc) is 3.07. The van der Waals surface area contributed by atoms with Crippen molar-refractivity contribution in [2.24, 2.45) is 10.8 Å². The van der Waals surface area contributed by atoms with E-state index < -0.39 is 57.5 Å². The number of carbonyl (C=O) groups is 1. The summed E-state index contributed by atoms with van der Waals surface area (Å²) in [4.78, 5) is 13.2. The van der Waals surface area contributed by atoms with Gasteiger partial charge in [0, 0.05) is 35.2 Å². The van der Waals surface area contributed by atoms with Crippen LogP contribution in [0.3, 0.4) is 0 Å². The maximum absolute atomic E-state index is 13.2. The lowest BCUT2D eigenvalue weighted by molar-refractivity contribution is -0.161. The molecule has 2 aliphatic rings. The van der Waals surface area contributed by atoms with E-state index in [4.69, 9.17) is 27.8 Å². The smallest absolute Gasteiger partial charge is 0.193 e. The van der Waals surface area contributed by atoms with Gasteiger partial charge in [0.05, 0.1) is 6.10 Å². The molecule has 8 nitrogen and oxygen atoms in total. The Morgan fingerprint density at radius 2 is 1.23 bits per heavy atom. The van der Waals surface area contributed by atoms with E-state index in [1.165, 1.54) is 0 Å². The minimum Gasteiger partial charge on any atom is -0.411 e. The Morgan fingerprint density at radius 1 is 0.800 bits per heavy atom. The van der Waals surface area contributed by atoms with Gasteiger partial charge >= 0.3 is 0 Å². The van der Waals surface area contributed by atoms with Crippen LogP contribution in [-0.4, -0.2) is 82.3 Å². The molecule has 60 heavy (non-hydrogen) atoms. The molecule has 0 aromatic carbocycles. The maximum atomic E-state index is 13.2. The molecule has 0 spiro atoms. The Balaban J connectivity index is 0.000000600. The number of aliphatic hydroxyl groups is 1. The van der Waals surface area contributed by atoms with Crippen LogP contribution in [-0.2, 0) is 32.6 Å². The zero-order chi connectivity index (χ0) is 47.1. The van der Waals surface area contributed by atoms with Gasteiger partial charge in [-0.2, -0.15) is 0 Å². The summed E-state index contributed by atoms with van der Waals surface area (Å²) in [5, 5.41) is 11.8. The summed E-state index contributed by atoms with van der Waals surface area (Å²) in [6, 6.07) is 0. The van der Waals surface area contributed by atoms with E-state index in [0.29, 0.717) is 31.6 Å². The summed E-state index contributed by atoms with van der Waals surface area (Å²) < 4.78 is 36.0. The van der Waals surface area contributed by atoms with Crippen molar-refractivity contribution in [1.82, 2.24) is 0 Å². The lowest BCUT2D eigenvalue weighted by Crippen LogP contribution is -2.52. The van der Waals surface area contributed by atoms with Gasteiger partial charge in [-0.25, -0.2) is 0 Å². The Kier molecular flexibility index (Phi) is 19.2. The summed E-state index contributed by atoms with van der Waals surface area (Å²) in [6.45, 7) is 54.4. The first-order valence-corrected chi connectivity index (χ1v) is 27.7. The van der Waals surface area contributed by atoms with E-state index in [2.05, 4.69) is 138 Å². The molecule has 0 radical (unpaired) electrons. The highest BCUT2D eigenvalue weighted by atomic mass is 28.4. The fraction of sp³-hybridized carbons (Fsp3) is 0.740. The van der Waals surface area contributed by atoms with Crippen LogP contribution < -0.4 is 0 Å². The van der Waals surface area contributed by atoms with Crippen molar-refractivity contribution in [2.45, 2.75) is 215 Å². The standard InChI is InChI=1S/C25H44O4Si.C25H42O4Si/c1-13-24(10,28-20(4)27-14-2)15-16-25(26)19(3)17-21(18-23(25,8)9)29-30(11,12)22(5,6)7;1-13-25(10,28-19(4)27-14-2)16-15-20-18(3)22(26)21(17-24(20,8)9)29-30(11,12)23(5,6)7/h13,17,20-21,26H,1,14,18H2,2-12H3;13,19,21H,1,14,17H2,2-12H3/t20?,21-,24?,25?;19?,21-,25?/m10/s1. The van der Waals surface area contributed by atoms with Gasteiger partial charge in [-0.1, -0.05) is 112 Å². The molecule has 0 aromatic heterocycles. The van der Waals surface area contributed by atoms with Crippen LogP contribution >= 0.6 is 0 Å². The van der Waals surface area contributed by atoms with E-state index in [0.717, 1.165) is 11.1 Å². The third-order valence-corrected chi connectivity index (χ3v) is 21.9. The Labute approximate surface area is 370 Å². The number of ether oxygens (including phenoxy) is 4. The molecule has 10 heteroatoms. The molecular formula is C50H86O8Si2. The average molecular weight is 871 g/mol. The fourth-order valence-electron chi connectivity index (χ4n) is 6.85. The first-order chi connectivity index (χ1) is 26.9. The molecule has 2 aliphatic carbocycles. The first-order valence-electron chi connectivity index (χ1n) is 21.9. The summed E-state index contributed by atoms with van der Waals surface area (Å²) >= 11 is 0. The normalized spacial score (nSPS) is 25.1. The largest absolute Gasteiger partial charge is 0.411 e. The highest BCUT2D eigenvalue weighted by Crippen LogP contribution is 2.48. The summed E-state index contributed by atoms with van der Waals surface area (Å²) in [5.41, 5.74) is -1.47. The van der Waals surface area contributed by atoms with Crippen molar-refractivity contribution in [3.8, 4) is 23.7 Å². The molecule has 0 saturated heterocycles. The van der Waals surface area contributed by atoms with Gasteiger partial charge in [0.25, 0.3) is 0 Å². The van der Waals surface area contributed by atoms with Gasteiger partial charge in [0.15, 0.2) is 40.6 Å². The van der Waals surface area contributed by atoms with Gasteiger partial charge in [-0.3, -0.25) is 4.79 Å². The van der Waals surface area contributed by atoms with Crippen LogP contribution in [0.15, 0.2) is 48.1 Å². The highest BCUT2D eigenvalue weighted by Gasteiger charge is 2.50. The highest BCUT2D eigenvalue weighted by molar-refractivity contribution is 6.74. The third-order valence-electron chi connectivity index (χ3n) is 12.9. The number of allylic oxidation sites excluding steroid dienone is 1. The second-order valence-electron chi connectivity index (χ2n) is 21.3. The summed E-state index contributed by atoms with van der Waals surface area (Å²) in [6.07, 6.45) is 5.45. The molecule has 0 aromatic rings. The van der Waals surface area contributed by atoms with Crippen LogP contribution in [0, 0.1) is 34.5 Å². The second-order valence-corrected chi connectivity index (χ2v) is 30.8. The minimum atomic E-state index is -2.06. The van der Waals surface area contributed by atoms with Crippen LogP contribution in [0.5, 0.6) is 0 Å². The number of Topliss-reactive ketones (excluding diaryl/α,β-unsaturated/α-hetero) is 1. The van der Waals surface area contributed by atoms with E-state index in [1.807, 2.05) is 55.4 Å². The second kappa shape index (κ2) is 20.6. The monoisotopic (exact) mass is 871 g/mol. The molecule has 0 saturated carbocycles. The Hall–Kier alpha value is -2.10. The topological polar surface area (TPSA) is 92.7 Å². The summed E-state index contributed by atoms with van der Waals surface area (Å²) in [5.74, 6) is 12.7. The molecule has 0 bridgehead atoms. The SMILES string of the molecule is C=CC(C)(C#CC1(O)C(C)=C[C@@H](O[Si](C)(C)C(C)(C)C)CC1(C)C)OC(C)OCC.C=CC(C)(C#CC1=C(C)C(=O)[C@@H](O[Si](C)(C)C(C)(C)C)CC1(C)C)OC(C)OCC. The molecule has 342 valence electrons. The van der Waals surface area contributed by atoms with Gasteiger partial charge in [-0.15, -0.1) is 0 Å². The lowest BCUT2D eigenvalue weighted by Gasteiger charge is -2.48.